The average molecular weight is 476 g/mol. The number of aromatic nitrogens is 4. The number of benzene rings is 1. The zero-order valence-corrected chi connectivity index (χ0v) is 21.0. The van der Waals surface area contributed by atoms with Crippen LogP contribution in [0.4, 0.5) is 0 Å². The number of fused-ring (bicyclic) bond motifs is 2. The van der Waals surface area contributed by atoms with Crippen LogP contribution in [0.3, 0.4) is 0 Å². The molecule has 0 saturated carbocycles. The number of nitrogens with two attached hydrogens (primary N) is 1. The van der Waals surface area contributed by atoms with E-state index in [1.807, 2.05) is 18.6 Å². The second-order valence-electron chi connectivity index (χ2n) is 10.1. The minimum Gasteiger partial charge on any atom is -0.360 e. The van der Waals surface area contributed by atoms with E-state index in [0.29, 0.717) is 13.3 Å². The normalized spacial score (nSPS) is 18.4. The van der Waals surface area contributed by atoms with Gasteiger partial charge >= 0.3 is 0 Å². The highest BCUT2D eigenvalue weighted by Gasteiger charge is 2.38. The molecule has 178 valence electrons. The molecule has 3 aromatic heterocycles. The van der Waals surface area contributed by atoms with Gasteiger partial charge in [-0.3, -0.25) is 4.98 Å². The van der Waals surface area contributed by atoms with E-state index in [1.54, 1.807) is 6.33 Å². The number of rotatable bonds is 8. The minimum absolute atomic E-state index is 0.109. The molecule has 2 N–H and O–H groups in total. The first-order chi connectivity index (χ1) is 16.4. The minimum atomic E-state index is -0.559. The number of ether oxygens (including phenoxy) is 1. The third kappa shape index (κ3) is 4.48. The summed E-state index contributed by atoms with van der Waals surface area (Å²) in [6, 6.07) is 12.9. The molecule has 1 aromatic carbocycles. The Labute approximate surface area is 202 Å². The molecule has 1 aliphatic carbocycles. The average Bonchev–Trinajstić information content (AvgIpc) is 3.43. The largest absolute Gasteiger partial charge is 0.360 e. The van der Waals surface area contributed by atoms with Crippen molar-refractivity contribution < 1.29 is 4.74 Å². The highest BCUT2D eigenvalue weighted by Crippen LogP contribution is 2.40. The van der Waals surface area contributed by atoms with Crippen LogP contribution in [0.25, 0.3) is 22.3 Å². The van der Waals surface area contributed by atoms with Gasteiger partial charge in [0.1, 0.15) is 18.7 Å². The smallest absolute Gasteiger partial charge is 0.145 e. The van der Waals surface area contributed by atoms with Crippen molar-refractivity contribution in [3.05, 3.63) is 78.0 Å². The zero-order chi connectivity index (χ0) is 23.8. The fraction of sp³-hybridized carbons (Fsp3) is 0.370. The van der Waals surface area contributed by atoms with Crippen LogP contribution < -0.4 is 5.73 Å². The van der Waals surface area contributed by atoms with Gasteiger partial charge in [-0.25, -0.2) is 20.0 Å². The first-order valence-electron chi connectivity index (χ1n) is 11.6. The van der Waals surface area contributed by atoms with Crippen LogP contribution in [0.2, 0.25) is 0 Å². The quantitative estimate of drug-likeness (QED) is 0.387. The fourth-order valence-electron chi connectivity index (χ4n) is 4.85. The summed E-state index contributed by atoms with van der Waals surface area (Å²) in [5, 5.41) is 1.03. The SMILES string of the molecule is CS(C)(C)CCOCn1ccc2c(-c3cccc(C4(CN)Cc5ccncc5C4)c3)ncnc21. The Kier molecular flexibility index (Phi) is 6.18. The molecule has 0 aliphatic heterocycles. The van der Waals surface area contributed by atoms with E-state index in [9.17, 15) is 0 Å². The summed E-state index contributed by atoms with van der Waals surface area (Å²) in [7, 11) is -0.559. The highest BCUT2D eigenvalue weighted by molar-refractivity contribution is 8.32. The molecule has 0 spiro atoms. The van der Waals surface area contributed by atoms with Crippen molar-refractivity contribution in [3.8, 4) is 11.3 Å². The van der Waals surface area contributed by atoms with Crippen LogP contribution in [0.5, 0.6) is 0 Å². The summed E-state index contributed by atoms with van der Waals surface area (Å²) in [5.74, 6) is 1.10. The van der Waals surface area contributed by atoms with Crippen molar-refractivity contribution in [2.75, 3.05) is 37.7 Å². The Bertz CT molecular complexity index is 1280. The van der Waals surface area contributed by atoms with Crippen LogP contribution in [-0.4, -0.2) is 57.2 Å². The second-order valence-corrected chi connectivity index (χ2v) is 14.7. The van der Waals surface area contributed by atoms with Crippen molar-refractivity contribution in [2.45, 2.75) is 25.0 Å². The third-order valence-corrected chi connectivity index (χ3v) is 8.22. The van der Waals surface area contributed by atoms with Crippen LogP contribution in [0.15, 0.2) is 61.3 Å². The van der Waals surface area contributed by atoms with E-state index in [4.69, 9.17) is 10.5 Å². The Hall–Kier alpha value is -2.74. The maximum atomic E-state index is 6.39. The lowest BCUT2D eigenvalue weighted by atomic mass is 9.77. The monoisotopic (exact) mass is 475 g/mol. The second kappa shape index (κ2) is 9.13. The van der Waals surface area contributed by atoms with E-state index in [-0.39, 0.29) is 5.41 Å². The van der Waals surface area contributed by atoms with Gasteiger partial charge in [0.15, 0.2) is 0 Å². The molecule has 0 radical (unpaired) electrons. The Morgan fingerprint density at radius 3 is 2.74 bits per heavy atom. The number of nitrogens with zero attached hydrogens (tertiary/aromatic N) is 4. The molecule has 7 heteroatoms. The summed E-state index contributed by atoms with van der Waals surface area (Å²) >= 11 is 0. The number of pyridine rings is 1. The molecular weight excluding hydrogens is 442 g/mol. The molecule has 4 aromatic rings. The Balaban J connectivity index is 1.43. The fourth-order valence-corrected chi connectivity index (χ4v) is 5.47. The topological polar surface area (TPSA) is 78.9 Å². The van der Waals surface area contributed by atoms with Crippen molar-refractivity contribution in [1.29, 1.82) is 0 Å². The zero-order valence-electron chi connectivity index (χ0n) is 20.2. The first kappa shape index (κ1) is 23.0. The lowest BCUT2D eigenvalue weighted by Gasteiger charge is -2.28. The van der Waals surface area contributed by atoms with Gasteiger partial charge < -0.3 is 15.0 Å². The van der Waals surface area contributed by atoms with E-state index >= 15 is 0 Å². The van der Waals surface area contributed by atoms with Crippen molar-refractivity contribution >= 4 is 21.1 Å². The predicted molar refractivity (Wildman–Crippen MR) is 142 cm³/mol. The van der Waals surface area contributed by atoms with Gasteiger partial charge in [0, 0.05) is 47.3 Å². The van der Waals surface area contributed by atoms with Crippen LogP contribution >= 0.6 is 10.0 Å². The van der Waals surface area contributed by atoms with Crippen LogP contribution in [0.1, 0.15) is 16.7 Å². The molecule has 1 aliphatic rings. The first-order valence-corrected chi connectivity index (χ1v) is 14.7. The molecule has 1 atom stereocenters. The maximum Gasteiger partial charge on any atom is 0.145 e. The molecule has 0 bridgehead atoms. The van der Waals surface area contributed by atoms with Gasteiger partial charge in [-0.2, -0.15) is 0 Å². The number of hydrogen-bond donors (Lipinski definition) is 1. The van der Waals surface area contributed by atoms with Crippen molar-refractivity contribution in [3.63, 3.8) is 0 Å². The number of hydrogen-bond acceptors (Lipinski definition) is 5. The predicted octanol–water partition coefficient (Wildman–Crippen LogP) is 4.16. The maximum absolute atomic E-state index is 6.39. The molecule has 0 saturated heterocycles. The molecule has 34 heavy (non-hydrogen) atoms. The van der Waals surface area contributed by atoms with E-state index < -0.39 is 10.0 Å². The summed E-state index contributed by atoms with van der Waals surface area (Å²) in [5.41, 5.74) is 13.1. The van der Waals surface area contributed by atoms with Crippen LogP contribution in [0, 0.1) is 0 Å². The molecule has 3 heterocycles. The molecular formula is C27H33N5OS. The molecule has 0 fully saturated rings. The Morgan fingerprint density at radius 1 is 1.09 bits per heavy atom. The lowest BCUT2D eigenvalue weighted by molar-refractivity contribution is 0.0923. The van der Waals surface area contributed by atoms with E-state index in [2.05, 4.69) is 74.7 Å². The summed E-state index contributed by atoms with van der Waals surface area (Å²) in [6.45, 7) is 1.85. The molecule has 1 unspecified atom stereocenters. The summed E-state index contributed by atoms with van der Waals surface area (Å²) in [4.78, 5) is 13.6. The van der Waals surface area contributed by atoms with Crippen molar-refractivity contribution in [1.82, 2.24) is 19.5 Å². The Morgan fingerprint density at radius 2 is 1.94 bits per heavy atom. The van der Waals surface area contributed by atoms with Gasteiger partial charge in [0.05, 0.1) is 12.3 Å². The molecule has 5 rings (SSSR count). The van der Waals surface area contributed by atoms with Gasteiger partial charge in [0.2, 0.25) is 0 Å². The lowest BCUT2D eigenvalue weighted by Crippen LogP contribution is -2.36. The molecule has 6 nitrogen and oxygen atoms in total. The van der Waals surface area contributed by atoms with Crippen molar-refractivity contribution in [2.24, 2.45) is 5.73 Å². The van der Waals surface area contributed by atoms with Gasteiger partial charge in [-0.05, 0) is 66.5 Å². The summed E-state index contributed by atoms with van der Waals surface area (Å²) < 4.78 is 8.02. The van der Waals surface area contributed by atoms with E-state index in [1.165, 1.54) is 16.7 Å². The van der Waals surface area contributed by atoms with Gasteiger partial charge in [-0.15, -0.1) is 0 Å². The third-order valence-electron chi connectivity index (χ3n) is 6.83. The van der Waals surface area contributed by atoms with E-state index in [0.717, 1.165) is 47.5 Å². The van der Waals surface area contributed by atoms with Gasteiger partial charge in [-0.1, -0.05) is 18.2 Å². The van der Waals surface area contributed by atoms with Crippen LogP contribution in [-0.2, 0) is 29.7 Å². The molecule has 0 amide bonds. The summed E-state index contributed by atoms with van der Waals surface area (Å²) in [6.07, 6.45) is 16.3. The highest BCUT2D eigenvalue weighted by atomic mass is 32.3. The standard InChI is InChI=1S/C27H33N5OS/c1-34(2,3)12-11-33-19-32-10-8-24-25(30-18-31-26(24)32)20-5-4-6-23(13-20)27(17-28)14-21-7-9-29-16-22(21)15-27/h4-10,13,16,18H,11-12,14-15,17,19,28H2,1-3H3. The van der Waals surface area contributed by atoms with Gasteiger partial charge in [0.25, 0.3) is 0 Å².